The summed E-state index contributed by atoms with van der Waals surface area (Å²) in [6, 6.07) is -1.16. The summed E-state index contributed by atoms with van der Waals surface area (Å²) in [6.45, 7) is 3.53. The number of aliphatic hydroxyl groups is 7. The van der Waals surface area contributed by atoms with Crippen molar-refractivity contribution < 1.29 is 50.0 Å². The number of hydrogen-bond donors (Lipinski definition) is 8. The zero-order valence-electron chi connectivity index (χ0n) is 52.1. The van der Waals surface area contributed by atoms with Crippen LogP contribution in [-0.2, 0) is 14.3 Å². The fourth-order valence-electron chi connectivity index (χ4n) is 11.8. The molecule has 0 aliphatic carbocycles. The number of rotatable bonds is 62. The van der Waals surface area contributed by atoms with E-state index in [4.69, 9.17) is 9.47 Å². The summed E-state index contributed by atoms with van der Waals surface area (Å²) >= 11 is 0. The number of unbranched alkanes of at least 4 members (excludes halogenated alkanes) is 50. The van der Waals surface area contributed by atoms with Gasteiger partial charge in [-0.05, 0) is 12.8 Å². The number of carbonyl (C=O) groups excluding carboxylic acids is 1. The molecular formula is C68H135NO10. The van der Waals surface area contributed by atoms with Crippen LogP contribution in [0.15, 0.2) is 0 Å². The summed E-state index contributed by atoms with van der Waals surface area (Å²) in [4.78, 5) is 13.2. The Morgan fingerprint density at radius 1 is 0.392 bits per heavy atom. The SMILES string of the molecule is CCCCCCCCCCCCCCCCCCCCCCCCCCCCCCCC(O)C(O)C(COC1OC(CO)C(O)C(O)C1O)NC(=O)C(O)CCCCCCCCCCCCCCCCCCCCCCCCC. The minimum absolute atomic E-state index is 0.267. The molecule has 9 atom stereocenters. The molecule has 8 N–H and O–H groups in total. The first-order valence-corrected chi connectivity index (χ1v) is 34.9. The zero-order chi connectivity index (χ0) is 57.5. The molecule has 1 rings (SSSR count). The zero-order valence-corrected chi connectivity index (χ0v) is 52.1. The predicted octanol–water partition coefficient (Wildman–Crippen LogP) is 16.5. The van der Waals surface area contributed by atoms with Gasteiger partial charge in [0.05, 0.1) is 25.4 Å². The van der Waals surface area contributed by atoms with Crippen molar-refractivity contribution in [2.75, 3.05) is 13.2 Å². The normalized spacial score (nSPS) is 19.2. The number of carbonyl (C=O) groups is 1. The van der Waals surface area contributed by atoms with Gasteiger partial charge in [-0.25, -0.2) is 0 Å². The highest BCUT2D eigenvalue weighted by molar-refractivity contribution is 5.80. The van der Waals surface area contributed by atoms with Gasteiger partial charge in [0.15, 0.2) is 6.29 Å². The van der Waals surface area contributed by atoms with E-state index in [2.05, 4.69) is 19.2 Å². The Bertz CT molecular complexity index is 1250. The molecule has 9 unspecified atom stereocenters. The van der Waals surface area contributed by atoms with Crippen LogP contribution in [0.25, 0.3) is 0 Å². The Kier molecular flexibility index (Phi) is 55.4. The maximum absolute atomic E-state index is 13.2. The van der Waals surface area contributed by atoms with Crippen LogP contribution in [0.1, 0.15) is 361 Å². The molecule has 0 aromatic carbocycles. The number of ether oxygens (including phenoxy) is 2. The topological polar surface area (TPSA) is 189 Å². The second-order valence-corrected chi connectivity index (χ2v) is 25.0. The molecule has 0 bridgehead atoms. The standard InChI is InChI=1S/C68H135NO10/c1-3-5-7-9-11-13-15-17-19-21-23-25-27-28-29-30-31-32-34-35-37-39-41-43-45-47-49-51-53-55-60(71)63(73)59(58-78-68-66(76)65(75)64(74)62(57-70)79-68)69-67(77)61(72)56-54-52-50-48-46-44-42-40-38-36-33-26-24-22-20-18-16-14-12-10-8-6-4-2/h59-66,68,70-76H,3-58H2,1-2H3,(H,69,77). The molecule has 0 radical (unpaired) electrons. The van der Waals surface area contributed by atoms with Crippen LogP contribution < -0.4 is 5.32 Å². The van der Waals surface area contributed by atoms with Gasteiger partial charge in [0, 0.05) is 0 Å². The molecule has 472 valence electrons. The molecule has 1 saturated heterocycles. The molecule has 1 aliphatic rings. The molecule has 1 heterocycles. The summed E-state index contributed by atoms with van der Waals surface area (Å²) in [5, 5.41) is 76.5. The van der Waals surface area contributed by atoms with Crippen molar-refractivity contribution >= 4 is 5.91 Å². The minimum atomic E-state index is -1.66. The first-order chi connectivity index (χ1) is 38.7. The van der Waals surface area contributed by atoms with Crippen molar-refractivity contribution in [2.24, 2.45) is 0 Å². The largest absolute Gasteiger partial charge is 0.394 e. The lowest BCUT2D eigenvalue weighted by atomic mass is 9.98. The fourth-order valence-corrected chi connectivity index (χ4v) is 11.8. The fraction of sp³-hybridized carbons (Fsp3) is 0.985. The van der Waals surface area contributed by atoms with Crippen LogP contribution in [-0.4, -0.2) is 110 Å². The Morgan fingerprint density at radius 3 is 0.937 bits per heavy atom. The summed E-state index contributed by atoms with van der Waals surface area (Å²) in [5.74, 6) is -0.687. The van der Waals surface area contributed by atoms with Gasteiger partial charge in [-0.1, -0.05) is 348 Å². The molecule has 0 aromatic heterocycles. The van der Waals surface area contributed by atoms with Crippen LogP contribution in [0, 0.1) is 0 Å². The molecule has 1 fully saturated rings. The monoisotopic (exact) mass is 1130 g/mol. The van der Waals surface area contributed by atoms with Gasteiger partial charge in [0.2, 0.25) is 5.91 Å². The predicted molar refractivity (Wildman–Crippen MR) is 330 cm³/mol. The van der Waals surface area contributed by atoms with Crippen molar-refractivity contribution in [3.63, 3.8) is 0 Å². The summed E-state index contributed by atoms with van der Waals surface area (Å²) in [5.41, 5.74) is 0. The molecule has 79 heavy (non-hydrogen) atoms. The van der Waals surface area contributed by atoms with E-state index in [-0.39, 0.29) is 6.42 Å². The first kappa shape index (κ1) is 76.1. The average Bonchev–Trinajstić information content (AvgIpc) is 3.46. The third kappa shape index (κ3) is 45.2. The van der Waals surface area contributed by atoms with Crippen molar-refractivity contribution in [1.29, 1.82) is 0 Å². The lowest BCUT2D eigenvalue weighted by Gasteiger charge is -2.40. The number of aliphatic hydroxyl groups excluding tert-OH is 7. The van der Waals surface area contributed by atoms with Crippen LogP contribution >= 0.6 is 0 Å². The van der Waals surface area contributed by atoms with Gasteiger partial charge in [0.25, 0.3) is 0 Å². The van der Waals surface area contributed by atoms with Gasteiger partial charge in [-0.15, -0.1) is 0 Å². The van der Waals surface area contributed by atoms with E-state index in [1.165, 1.54) is 283 Å². The Morgan fingerprint density at radius 2 is 0.658 bits per heavy atom. The summed E-state index contributed by atoms with van der Waals surface area (Å²) < 4.78 is 11.2. The molecule has 0 saturated carbocycles. The van der Waals surface area contributed by atoms with Gasteiger partial charge in [-0.2, -0.15) is 0 Å². The van der Waals surface area contributed by atoms with Crippen LogP contribution in [0.3, 0.4) is 0 Å². The van der Waals surface area contributed by atoms with Gasteiger partial charge in [0.1, 0.15) is 36.6 Å². The van der Waals surface area contributed by atoms with E-state index in [0.717, 1.165) is 38.5 Å². The van der Waals surface area contributed by atoms with Crippen LogP contribution in [0.2, 0.25) is 0 Å². The third-order valence-electron chi connectivity index (χ3n) is 17.4. The smallest absolute Gasteiger partial charge is 0.249 e. The van der Waals surface area contributed by atoms with E-state index in [1.54, 1.807) is 0 Å². The van der Waals surface area contributed by atoms with Crippen LogP contribution in [0.5, 0.6) is 0 Å². The summed E-state index contributed by atoms with van der Waals surface area (Å²) in [7, 11) is 0. The molecule has 11 heteroatoms. The molecule has 1 amide bonds. The maximum atomic E-state index is 13.2. The number of nitrogens with one attached hydrogen (secondary N) is 1. The molecule has 0 spiro atoms. The van der Waals surface area contributed by atoms with E-state index >= 15 is 0 Å². The maximum Gasteiger partial charge on any atom is 0.249 e. The van der Waals surface area contributed by atoms with E-state index in [1.807, 2.05) is 0 Å². The molecule has 0 aromatic rings. The van der Waals surface area contributed by atoms with Gasteiger partial charge >= 0.3 is 0 Å². The highest BCUT2D eigenvalue weighted by Crippen LogP contribution is 2.24. The second-order valence-electron chi connectivity index (χ2n) is 25.0. The lowest BCUT2D eigenvalue weighted by Crippen LogP contribution is -2.60. The second kappa shape index (κ2) is 57.5. The van der Waals surface area contributed by atoms with Gasteiger partial charge < -0.3 is 50.5 Å². The first-order valence-electron chi connectivity index (χ1n) is 34.9. The highest BCUT2D eigenvalue weighted by atomic mass is 16.7. The van der Waals surface area contributed by atoms with E-state index in [9.17, 15) is 40.5 Å². The average molecular weight is 1130 g/mol. The van der Waals surface area contributed by atoms with Gasteiger partial charge in [-0.3, -0.25) is 4.79 Å². The minimum Gasteiger partial charge on any atom is -0.394 e. The van der Waals surface area contributed by atoms with Crippen molar-refractivity contribution in [1.82, 2.24) is 5.32 Å². The van der Waals surface area contributed by atoms with Crippen molar-refractivity contribution in [2.45, 2.75) is 416 Å². The number of hydrogen-bond acceptors (Lipinski definition) is 10. The quantitative estimate of drug-likeness (QED) is 0.0272. The Balaban J connectivity index is 2.19. The van der Waals surface area contributed by atoms with E-state index in [0.29, 0.717) is 19.3 Å². The highest BCUT2D eigenvalue weighted by Gasteiger charge is 2.44. The lowest BCUT2D eigenvalue weighted by molar-refractivity contribution is -0.303. The van der Waals surface area contributed by atoms with Crippen LogP contribution in [0.4, 0.5) is 0 Å². The molecule has 1 aliphatic heterocycles. The molecule has 11 nitrogen and oxygen atoms in total. The Hall–Kier alpha value is -0.890. The van der Waals surface area contributed by atoms with Crippen molar-refractivity contribution in [3.05, 3.63) is 0 Å². The van der Waals surface area contributed by atoms with Crippen molar-refractivity contribution in [3.8, 4) is 0 Å². The van der Waals surface area contributed by atoms with E-state index < -0.39 is 74.2 Å². The third-order valence-corrected chi connectivity index (χ3v) is 17.4. The number of amides is 1. The molecular weight excluding hydrogens is 991 g/mol. The summed E-state index contributed by atoms with van der Waals surface area (Å²) in [6.07, 6.45) is 57.5. The Labute approximate surface area is 488 Å².